The third-order valence-corrected chi connectivity index (χ3v) is 6.15. The Kier molecular flexibility index (Phi) is 7.36. The lowest BCUT2D eigenvalue weighted by Gasteiger charge is -2.08. The Morgan fingerprint density at radius 2 is 1.49 bits per heavy atom. The van der Waals surface area contributed by atoms with Gasteiger partial charge in [0.05, 0.1) is 16.8 Å². The largest absolute Gasteiger partial charge is 0.507 e. The van der Waals surface area contributed by atoms with E-state index in [1.54, 1.807) is 48.8 Å². The number of aromatic carboxylic acids is 1. The number of hydrogen-bond acceptors (Lipinski definition) is 7. The van der Waals surface area contributed by atoms with Crippen LogP contribution in [-0.4, -0.2) is 38.0 Å². The lowest BCUT2D eigenvalue weighted by atomic mass is 10.0. The third-order valence-electron chi connectivity index (χ3n) is 6.15. The molecule has 2 aromatic heterocycles. The van der Waals surface area contributed by atoms with Crippen molar-refractivity contribution in [3.05, 3.63) is 119 Å². The predicted octanol–water partition coefficient (Wildman–Crippen LogP) is 3.96. The minimum absolute atomic E-state index is 0.255. The number of anilines is 1. The molecule has 0 radical (unpaired) electrons. The molecule has 0 bridgehead atoms. The highest BCUT2D eigenvalue weighted by molar-refractivity contribution is 6.07. The van der Waals surface area contributed by atoms with Crippen LogP contribution in [0.2, 0.25) is 0 Å². The molecule has 10 nitrogen and oxygen atoms in total. The topological polar surface area (TPSA) is 168 Å². The summed E-state index contributed by atoms with van der Waals surface area (Å²) in [7, 11) is 0. The quantitative estimate of drug-likeness (QED) is 0.0961. The van der Waals surface area contributed by atoms with Gasteiger partial charge in [-0.1, -0.05) is 24.0 Å². The van der Waals surface area contributed by atoms with Crippen LogP contribution in [0.15, 0.2) is 91.3 Å². The van der Waals surface area contributed by atoms with E-state index in [4.69, 9.17) is 10.9 Å². The number of amides is 2. The number of carboxylic acid groups (broad SMARTS) is 1. The van der Waals surface area contributed by atoms with E-state index in [0.29, 0.717) is 33.3 Å². The van der Waals surface area contributed by atoms with Gasteiger partial charge in [-0.15, -0.1) is 0 Å². The number of hydrogen-bond donors (Lipinski definition) is 5. The third kappa shape index (κ3) is 5.85. The Morgan fingerprint density at radius 1 is 0.805 bits per heavy atom. The van der Waals surface area contributed by atoms with Crippen LogP contribution in [-0.2, 0) is 0 Å². The predicted molar refractivity (Wildman–Crippen MR) is 152 cm³/mol. The first-order chi connectivity index (χ1) is 19.8. The molecule has 0 aliphatic heterocycles. The SMILES string of the molecule is NNC(=O)c1cc(-c2ccc(C#Cc3ccc(C(=O)Nc4ccc(C(=O)O)c(O)c4)cc3)cc2)nc2ccncc12. The number of aromatic nitrogens is 2. The van der Waals surface area contributed by atoms with Gasteiger partial charge >= 0.3 is 5.97 Å². The van der Waals surface area contributed by atoms with Gasteiger partial charge in [-0.05, 0) is 60.7 Å². The van der Waals surface area contributed by atoms with Crippen LogP contribution in [0.3, 0.4) is 0 Å². The number of carboxylic acids is 1. The van der Waals surface area contributed by atoms with Gasteiger partial charge in [0.15, 0.2) is 0 Å². The van der Waals surface area contributed by atoms with Gasteiger partial charge < -0.3 is 15.5 Å². The number of nitrogens with zero attached hydrogens (tertiary/aromatic N) is 2. The molecule has 200 valence electrons. The van der Waals surface area contributed by atoms with Gasteiger partial charge in [-0.25, -0.2) is 15.6 Å². The molecule has 10 heteroatoms. The van der Waals surface area contributed by atoms with E-state index in [1.165, 1.54) is 18.2 Å². The Balaban J connectivity index is 1.29. The summed E-state index contributed by atoms with van der Waals surface area (Å²) in [5.41, 5.74) is 6.36. The molecule has 0 atom stereocenters. The highest BCUT2D eigenvalue weighted by atomic mass is 16.4. The number of nitrogens with one attached hydrogen (secondary N) is 2. The molecule has 0 saturated carbocycles. The molecule has 0 aliphatic carbocycles. The van der Waals surface area contributed by atoms with E-state index in [0.717, 1.165) is 11.1 Å². The molecule has 0 unspecified atom stereocenters. The number of hydrazine groups is 1. The van der Waals surface area contributed by atoms with Crippen molar-refractivity contribution in [2.24, 2.45) is 5.84 Å². The van der Waals surface area contributed by atoms with Gasteiger partial charge in [-0.2, -0.15) is 0 Å². The summed E-state index contributed by atoms with van der Waals surface area (Å²) in [4.78, 5) is 44.6. The molecule has 3 aromatic carbocycles. The smallest absolute Gasteiger partial charge is 0.339 e. The van der Waals surface area contributed by atoms with Crippen molar-refractivity contribution in [2.45, 2.75) is 0 Å². The van der Waals surface area contributed by atoms with Crippen molar-refractivity contribution in [3.63, 3.8) is 0 Å². The lowest BCUT2D eigenvalue weighted by molar-refractivity contribution is 0.0693. The van der Waals surface area contributed by atoms with E-state index in [9.17, 15) is 19.5 Å². The maximum Gasteiger partial charge on any atom is 0.339 e. The first-order valence-corrected chi connectivity index (χ1v) is 12.2. The molecule has 0 aliphatic rings. The fraction of sp³-hybridized carbons (Fsp3) is 0. The summed E-state index contributed by atoms with van der Waals surface area (Å²) in [5.74, 6) is 8.93. The Labute approximate surface area is 233 Å². The van der Waals surface area contributed by atoms with Crippen LogP contribution in [0.4, 0.5) is 5.69 Å². The second-order valence-corrected chi connectivity index (χ2v) is 8.82. The van der Waals surface area contributed by atoms with Gasteiger partial charge in [-0.3, -0.25) is 20.0 Å². The molecule has 5 rings (SSSR count). The monoisotopic (exact) mass is 543 g/mol. The molecule has 2 heterocycles. The van der Waals surface area contributed by atoms with E-state index < -0.39 is 23.5 Å². The van der Waals surface area contributed by atoms with Crippen molar-refractivity contribution in [2.75, 3.05) is 5.32 Å². The van der Waals surface area contributed by atoms with Crippen LogP contribution in [0.1, 0.15) is 42.2 Å². The first-order valence-electron chi connectivity index (χ1n) is 12.2. The molecule has 41 heavy (non-hydrogen) atoms. The van der Waals surface area contributed by atoms with Crippen LogP contribution >= 0.6 is 0 Å². The normalized spacial score (nSPS) is 10.4. The Bertz CT molecular complexity index is 1870. The van der Waals surface area contributed by atoms with Gasteiger partial charge in [0.1, 0.15) is 11.3 Å². The van der Waals surface area contributed by atoms with E-state index in [2.05, 4.69) is 32.6 Å². The number of rotatable bonds is 5. The maximum absolute atomic E-state index is 12.5. The fourth-order valence-corrected chi connectivity index (χ4v) is 4.05. The zero-order valence-corrected chi connectivity index (χ0v) is 21.3. The zero-order chi connectivity index (χ0) is 28.9. The summed E-state index contributed by atoms with van der Waals surface area (Å²) in [6.45, 7) is 0. The number of fused-ring (bicyclic) bond motifs is 1. The molecule has 6 N–H and O–H groups in total. The minimum atomic E-state index is -1.26. The molecule has 0 saturated heterocycles. The molecular weight excluding hydrogens is 522 g/mol. The molecule has 5 aromatic rings. The summed E-state index contributed by atoms with van der Waals surface area (Å²) in [5, 5.41) is 22.0. The molecular formula is C31H21N5O5. The van der Waals surface area contributed by atoms with Crippen molar-refractivity contribution in [1.82, 2.24) is 15.4 Å². The van der Waals surface area contributed by atoms with Crippen LogP contribution in [0, 0.1) is 11.8 Å². The number of nitrogens with two attached hydrogens (primary N) is 1. The van der Waals surface area contributed by atoms with Gasteiger partial charge in [0.25, 0.3) is 11.8 Å². The number of phenols is 1. The highest BCUT2D eigenvalue weighted by Crippen LogP contribution is 2.25. The standard InChI is InChI=1S/C31H21N5O5/c32-36-30(39)24-16-27(35-26-13-14-33-17-25(24)26)20-7-3-18(4-8-20)1-2-19-5-9-21(10-6-19)29(38)34-22-11-12-23(31(40)41)28(37)15-22/h3-17,37H,32H2,(H,34,38)(H,36,39)(H,40,41). The van der Waals surface area contributed by atoms with Gasteiger partial charge in [0, 0.05) is 51.8 Å². The van der Waals surface area contributed by atoms with E-state index in [1.807, 2.05) is 24.3 Å². The molecule has 0 fully saturated rings. The maximum atomic E-state index is 12.5. The first kappa shape index (κ1) is 26.6. The molecule has 2 amide bonds. The van der Waals surface area contributed by atoms with E-state index in [-0.39, 0.29) is 11.3 Å². The van der Waals surface area contributed by atoms with Crippen molar-refractivity contribution in [3.8, 4) is 28.8 Å². The average Bonchev–Trinajstić information content (AvgIpc) is 2.99. The highest BCUT2D eigenvalue weighted by Gasteiger charge is 2.14. The van der Waals surface area contributed by atoms with Crippen molar-refractivity contribution >= 4 is 34.4 Å². The van der Waals surface area contributed by atoms with E-state index >= 15 is 0 Å². The van der Waals surface area contributed by atoms with Crippen molar-refractivity contribution < 1.29 is 24.6 Å². The number of nitrogen functional groups attached to an aromatic ring is 1. The molecule has 0 spiro atoms. The van der Waals surface area contributed by atoms with Crippen LogP contribution in [0.5, 0.6) is 5.75 Å². The number of carbonyl (C=O) groups excluding carboxylic acids is 2. The summed E-state index contributed by atoms with van der Waals surface area (Å²) >= 11 is 0. The number of aromatic hydroxyl groups is 1. The summed E-state index contributed by atoms with van der Waals surface area (Å²) in [6.07, 6.45) is 3.18. The minimum Gasteiger partial charge on any atom is -0.507 e. The Hall–Kier alpha value is -6.05. The second kappa shape index (κ2) is 11.4. The van der Waals surface area contributed by atoms with Crippen LogP contribution in [0.25, 0.3) is 22.2 Å². The number of pyridine rings is 2. The summed E-state index contributed by atoms with van der Waals surface area (Å²) < 4.78 is 0. The fourth-order valence-electron chi connectivity index (χ4n) is 4.05. The lowest BCUT2D eigenvalue weighted by Crippen LogP contribution is -2.30. The number of benzene rings is 3. The second-order valence-electron chi connectivity index (χ2n) is 8.82. The average molecular weight is 544 g/mol. The zero-order valence-electron chi connectivity index (χ0n) is 21.3. The van der Waals surface area contributed by atoms with Gasteiger partial charge in [0.2, 0.25) is 0 Å². The van der Waals surface area contributed by atoms with Crippen LogP contribution < -0.4 is 16.6 Å². The summed E-state index contributed by atoms with van der Waals surface area (Å²) in [6, 6.07) is 21.2. The number of carbonyl (C=O) groups is 3. The van der Waals surface area contributed by atoms with Crippen molar-refractivity contribution in [1.29, 1.82) is 0 Å². The Morgan fingerprint density at radius 3 is 2.12 bits per heavy atom.